The van der Waals surface area contributed by atoms with Gasteiger partial charge in [-0.05, 0) is 101 Å². The van der Waals surface area contributed by atoms with Crippen LogP contribution >= 0.6 is 0 Å². The van der Waals surface area contributed by atoms with Gasteiger partial charge in [-0.15, -0.1) is 10.2 Å². The van der Waals surface area contributed by atoms with Gasteiger partial charge in [-0.1, -0.05) is 0 Å². The molecular formula is C39H49F2N7O5. The number of alkyl halides is 2. The molecule has 1 spiro atoms. The predicted molar refractivity (Wildman–Crippen MR) is 193 cm³/mol. The van der Waals surface area contributed by atoms with Crippen LogP contribution in [0, 0.1) is 26.2 Å². The summed E-state index contributed by atoms with van der Waals surface area (Å²) < 4.78 is 47.4. The van der Waals surface area contributed by atoms with Crippen LogP contribution in [0.3, 0.4) is 0 Å². The number of halogens is 2. The molecule has 0 amide bonds. The molecule has 7 heterocycles. The number of aryl methyl sites for hydroxylation is 3. The van der Waals surface area contributed by atoms with Gasteiger partial charge in [0.25, 0.3) is 6.43 Å². The van der Waals surface area contributed by atoms with Crippen LogP contribution in [0.5, 0.6) is 11.8 Å². The van der Waals surface area contributed by atoms with Crippen LogP contribution in [0.4, 0.5) is 8.78 Å². The van der Waals surface area contributed by atoms with E-state index in [0.717, 1.165) is 54.7 Å². The monoisotopic (exact) mass is 733 g/mol. The van der Waals surface area contributed by atoms with Gasteiger partial charge in [-0.2, -0.15) is 4.98 Å². The topological polar surface area (TPSA) is 127 Å². The first kappa shape index (κ1) is 37.1. The summed E-state index contributed by atoms with van der Waals surface area (Å²) in [5.41, 5.74) is 4.12. The van der Waals surface area contributed by atoms with E-state index in [-0.39, 0.29) is 5.65 Å². The summed E-state index contributed by atoms with van der Waals surface area (Å²) in [5.74, 6) is -0.991. The number of likely N-dealkylation sites (tertiary alicyclic amines) is 1. The second kappa shape index (κ2) is 14.9. The first-order valence-corrected chi connectivity index (χ1v) is 18.5. The van der Waals surface area contributed by atoms with E-state index >= 15 is 0 Å². The number of ether oxygens (including phenoxy) is 3. The average molecular weight is 734 g/mol. The Labute approximate surface area is 308 Å². The van der Waals surface area contributed by atoms with E-state index in [1.54, 1.807) is 33.0 Å². The number of carboxylic acids is 1. The highest BCUT2D eigenvalue weighted by molar-refractivity contribution is 5.76. The molecule has 3 aliphatic rings. The van der Waals surface area contributed by atoms with E-state index < -0.39 is 35.2 Å². The van der Waals surface area contributed by atoms with Crippen molar-refractivity contribution in [2.24, 2.45) is 5.41 Å². The van der Waals surface area contributed by atoms with Crippen LogP contribution < -0.4 is 9.47 Å². The highest BCUT2D eigenvalue weighted by Gasteiger charge is 2.43. The first-order chi connectivity index (χ1) is 25.3. The van der Waals surface area contributed by atoms with Crippen molar-refractivity contribution in [3.05, 3.63) is 75.5 Å². The SMILES string of the molecule is Cc1cnc([C@H](c2ccn3c(C(F)F)nnc3c2C)C(C)(C)C(=O)O)cc1CN1Cc2cc(C)c(OCCN3CCCC3)nc2OC2(CCOCC2)C1. The smallest absolute Gasteiger partial charge is 0.310 e. The van der Waals surface area contributed by atoms with Gasteiger partial charge in [0.15, 0.2) is 5.65 Å². The molecule has 1 atom stereocenters. The lowest BCUT2D eigenvalue weighted by molar-refractivity contribution is -0.147. The van der Waals surface area contributed by atoms with E-state index in [1.165, 1.54) is 23.4 Å². The van der Waals surface area contributed by atoms with Crippen molar-refractivity contribution in [3.63, 3.8) is 0 Å². The minimum atomic E-state index is -2.81. The quantitative estimate of drug-likeness (QED) is 0.194. The first-order valence-electron chi connectivity index (χ1n) is 18.5. The van der Waals surface area contributed by atoms with Crippen molar-refractivity contribution in [3.8, 4) is 11.8 Å². The zero-order valence-electron chi connectivity index (χ0n) is 31.2. The van der Waals surface area contributed by atoms with Crippen molar-refractivity contribution >= 4 is 11.6 Å². The Kier molecular flexibility index (Phi) is 10.4. The Morgan fingerprint density at radius 3 is 2.55 bits per heavy atom. The minimum Gasteiger partial charge on any atom is -0.481 e. The number of nitrogens with zero attached hydrogens (tertiary/aromatic N) is 7. The summed E-state index contributed by atoms with van der Waals surface area (Å²) >= 11 is 0. The fourth-order valence-corrected chi connectivity index (χ4v) is 8.09. The standard InChI is InChI=1S/C39H49F2N7O5/c1-24-18-28-22-47(23-39(9-15-51-16-10-39)53-36(28)43-35(24)52-17-14-46-11-6-7-12-46)21-27-19-30(42-20-25(27)2)31(38(4,5)37(49)50)29-8-13-48-33(26(29)3)44-45-34(48)32(40)41/h8,13,18-20,31-32H,6-7,9-12,14-17,21-23H2,1-5H3,(H,49,50)/t31-/m0/s1. The van der Waals surface area contributed by atoms with Crippen molar-refractivity contribution in [2.45, 2.75) is 91.3 Å². The maximum absolute atomic E-state index is 13.7. The third-order valence-corrected chi connectivity index (χ3v) is 11.3. The molecule has 3 aliphatic heterocycles. The van der Waals surface area contributed by atoms with Crippen LogP contribution in [-0.2, 0) is 22.6 Å². The molecule has 0 saturated carbocycles. The van der Waals surface area contributed by atoms with E-state index in [9.17, 15) is 18.7 Å². The largest absolute Gasteiger partial charge is 0.481 e. The van der Waals surface area contributed by atoms with Gasteiger partial charge < -0.3 is 19.3 Å². The van der Waals surface area contributed by atoms with Crippen molar-refractivity contribution in [1.29, 1.82) is 0 Å². The number of pyridine rings is 3. The molecule has 53 heavy (non-hydrogen) atoms. The van der Waals surface area contributed by atoms with Crippen molar-refractivity contribution in [1.82, 2.24) is 34.4 Å². The summed E-state index contributed by atoms with van der Waals surface area (Å²) in [6, 6.07) is 5.80. The Morgan fingerprint density at radius 1 is 1.08 bits per heavy atom. The number of carboxylic acid groups (broad SMARTS) is 1. The molecule has 284 valence electrons. The highest BCUT2D eigenvalue weighted by atomic mass is 19.3. The van der Waals surface area contributed by atoms with Crippen molar-refractivity contribution in [2.75, 3.05) is 46.0 Å². The normalized spacial score (nSPS) is 18.6. The molecule has 14 heteroatoms. The maximum atomic E-state index is 13.7. The lowest BCUT2D eigenvalue weighted by Crippen LogP contribution is -2.49. The van der Waals surface area contributed by atoms with Gasteiger partial charge in [0.1, 0.15) is 12.2 Å². The number of fused-ring (bicyclic) bond motifs is 2. The molecule has 12 nitrogen and oxygen atoms in total. The third-order valence-electron chi connectivity index (χ3n) is 11.3. The Morgan fingerprint density at radius 2 is 1.83 bits per heavy atom. The highest BCUT2D eigenvalue weighted by Crippen LogP contribution is 2.43. The summed E-state index contributed by atoms with van der Waals surface area (Å²) in [5, 5.41) is 18.2. The van der Waals surface area contributed by atoms with Crippen LogP contribution in [0.1, 0.15) is 96.8 Å². The van der Waals surface area contributed by atoms with Gasteiger partial charge >= 0.3 is 5.97 Å². The van der Waals surface area contributed by atoms with Crippen molar-refractivity contribution < 1.29 is 32.9 Å². The number of aromatic nitrogens is 5. The zero-order valence-corrected chi connectivity index (χ0v) is 31.2. The molecule has 4 aromatic rings. The van der Waals surface area contributed by atoms with E-state index in [0.29, 0.717) is 68.0 Å². The second-order valence-corrected chi connectivity index (χ2v) is 15.5. The van der Waals surface area contributed by atoms with E-state index in [1.807, 2.05) is 19.9 Å². The Hall–Kier alpha value is -4.27. The molecule has 7 rings (SSSR count). The van der Waals surface area contributed by atoms with E-state index in [4.69, 9.17) is 24.2 Å². The molecule has 0 aromatic carbocycles. The van der Waals surface area contributed by atoms with Crippen LogP contribution in [0.2, 0.25) is 0 Å². The summed E-state index contributed by atoms with van der Waals surface area (Å²) in [7, 11) is 0. The molecule has 0 radical (unpaired) electrons. The van der Waals surface area contributed by atoms with Gasteiger partial charge in [0, 0.05) is 74.2 Å². The molecule has 0 unspecified atom stereocenters. The maximum Gasteiger partial charge on any atom is 0.310 e. The Bertz CT molecular complexity index is 1970. The molecule has 0 bridgehead atoms. The van der Waals surface area contributed by atoms with Gasteiger partial charge in [0.2, 0.25) is 17.6 Å². The Balaban J connectivity index is 1.21. The summed E-state index contributed by atoms with van der Waals surface area (Å²) in [4.78, 5) is 27.4. The minimum absolute atomic E-state index is 0.255. The summed E-state index contributed by atoms with van der Waals surface area (Å²) in [6.07, 6.45) is 4.38. The lowest BCUT2D eigenvalue weighted by Gasteiger charge is -2.38. The number of hydrogen-bond donors (Lipinski definition) is 1. The van der Waals surface area contributed by atoms with Gasteiger partial charge in [-0.3, -0.25) is 24.0 Å². The predicted octanol–water partition coefficient (Wildman–Crippen LogP) is 6.04. The molecule has 2 saturated heterocycles. The number of carbonyl (C=O) groups is 1. The molecular weight excluding hydrogens is 684 g/mol. The van der Waals surface area contributed by atoms with Crippen LogP contribution in [0.15, 0.2) is 30.6 Å². The van der Waals surface area contributed by atoms with Crippen LogP contribution in [-0.4, -0.2) is 97.0 Å². The lowest BCUT2D eigenvalue weighted by atomic mass is 9.71. The van der Waals surface area contributed by atoms with Gasteiger partial charge in [0.05, 0.1) is 18.6 Å². The number of aliphatic carboxylic acids is 1. The van der Waals surface area contributed by atoms with E-state index in [2.05, 4.69) is 26.1 Å². The third kappa shape index (κ3) is 7.45. The summed E-state index contributed by atoms with van der Waals surface area (Å²) in [6.45, 7) is 15.8. The second-order valence-electron chi connectivity index (χ2n) is 15.5. The fraction of sp³-hybridized carbons (Fsp3) is 0.564. The number of rotatable bonds is 11. The average Bonchev–Trinajstić information content (AvgIpc) is 3.78. The molecule has 2 fully saturated rings. The molecule has 1 N–H and O–H groups in total. The number of hydrogen-bond acceptors (Lipinski definition) is 10. The molecule has 4 aromatic heterocycles. The zero-order chi connectivity index (χ0) is 37.5. The van der Waals surface area contributed by atoms with Gasteiger partial charge in [-0.25, -0.2) is 8.78 Å². The molecule has 0 aliphatic carbocycles. The van der Waals surface area contributed by atoms with Crippen LogP contribution in [0.25, 0.3) is 5.65 Å². The fourth-order valence-electron chi connectivity index (χ4n) is 8.09.